The zero-order valence-corrected chi connectivity index (χ0v) is 8.51. The highest BCUT2D eigenvalue weighted by atomic mass is 16.5. The molecule has 0 rings (SSSR count). The fourth-order valence-corrected chi connectivity index (χ4v) is 1.04. The average Bonchev–Trinajstić information content (AvgIpc) is 2.03. The molecule has 1 atom stereocenters. The molecule has 0 radical (unpaired) electrons. The second-order valence-electron chi connectivity index (χ2n) is 3.34. The first-order chi connectivity index (χ1) is 6.07. The smallest absolute Gasteiger partial charge is 0.153 e. The van der Waals surface area contributed by atoms with E-state index in [1.54, 1.807) is 7.11 Å². The molecule has 0 saturated heterocycles. The van der Waals surface area contributed by atoms with Gasteiger partial charge in [0.2, 0.25) is 0 Å². The maximum absolute atomic E-state index is 11.3. The number of hydrogen-bond donors (Lipinski definition) is 1. The SMILES string of the molecule is C=C(C)CC(=O)C(N)CCCOC. The monoisotopic (exact) mass is 185 g/mol. The van der Waals surface area contributed by atoms with Crippen LogP contribution in [-0.2, 0) is 9.53 Å². The molecule has 0 aromatic carbocycles. The van der Waals surface area contributed by atoms with Crippen molar-refractivity contribution in [1.29, 1.82) is 0 Å². The summed E-state index contributed by atoms with van der Waals surface area (Å²) in [5.41, 5.74) is 6.53. The minimum Gasteiger partial charge on any atom is -0.385 e. The van der Waals surface area contributed by atoms with Crippen LogP contribution in [-0.4, -0.2) is 25.5 Å². The quantitative estimate of drug-likeness (QED) is 0.480. The van der Waals surface area contributed by atoms with Crippen LogP contribution in [0.15, 0.2) is 12.2 Å². The van der Waals surface area contributed by atoms with E-state index in [1.807, 2.05) is 6.92 Å². The first-order valence-electron chi connectivity index (χ1n) is 4.49. The Bertz CT molecular complexity index is 178. The summed E-state index contributed by atoms with van der Waals surface area (Å²) < 4.78 is 4.87. The van der Waals surface area contributed by atoms with Crippen LogP contribution in [0.1, 0.15) is 26.2 Å². The number of Topliss-reactive ketones (excluding diaryl/α,β-unsaturated/α-hetero) is 1. The topological polar surface area (TPSA) is 52.3 Å². The number of nitrogens with two attached hydrogens (primary N) is 1. The number of rotatable bonds is 7. The predicted molar refractivity (Wildman–Crippen MR) is 53.5 cm³/mol. The van der Waals surface area contributed by atoms with Gasteiger partial charge in [0, 0.05) is 20.1 Å². The molecular weight excluding hydrogens is 166 g/mol. The highest BCUT2D eigenvalue weighted by Crippen LogP contribution is 2.03. The van der Waals surface area contributed by atoms with Gasteiger partial charge in [-0.25, -0.2) is 0 Å². The third-order valence-corrected chi connectivity index (χ3v) is 1.75. The molecule has 3 heteroatoms. The van der Waals surface area contributed by atoms with Crippen molar-refractivity contribution in [2.45, 2.75) is 32.2 Å². The molecule has 0 aliphatic rings. The Balaban J connectivity index is 3.63. The van der Waals surface area contributed by atoms with Crippen LogP contribution in [0.3, 0.4) is 0 Å². The van der Waals surface area contributed by atoms with Gasteiger partial charge in [0.25, 0.3) is 0 Å². The molecule has 0 aromatic heterocycles. The van der Waals surface area contributed by atoms with E-state index < -0.39 is 0 Å². The van der Waals surface area contributed by atoms with Crippen molar-refractivity contribution in [3.63, 3.8) is 0 Å². The predicted octanol–water partition coefficient (Wildman–Crippen LogP) is 1.28. The van der Waals surface area contributed by atoms with Gasteiger partial charge >= 0.3 is 0 Å². The average molecular weight is 185 g/mol. The van der Waals surface area contributed by atoms with Crippen molar-refractivity contribution < 1.29 is 9.53 Å². The van der Waals surface area contributed by atoms with Gasteiger partial charge in [-0.05, 0) is 19.8 Å². The maximum Gasteiger partial charge on any atom is 0.153 e. The molecule has 0 aliphatic heterocycles. The Labute approximate surface area is 79.9 Å². The van der Waals surface area contributed by atoms with Gasteiger partial charge in [0.1, 0.15) is 0 Å². The number of hydrogen-bond acceptors (Lipinski definition) is 3. The standard InChI is InChI=1S/C10H19NO2/c1-8(2)7-10(12)9(11)5-4-6-13-3/h9H,1,4-7,11H2,2-3H3. The molecule has 76 valence electrons. The number of ketones is 1. The lowest BCUT2D eigenvalue weighted by molar-refractivity contribution is -0.119. The van der Waals surface area contributed by atoms with Crippen molar-refractivity contribution >= 4 is 5.78 Å². The summed E-state index contributed by atoms with van der Waals surface area (Å²) in [7, 11) is 1.64. The van der Waals surface area contributed by atoms with Gasteiger partial charge < -0.3 is 10.5 Å². The third kappa shape index (κ3) is 6.49. The van der Waals surface area contributed by atoms with Gasteiger partial charge in [-0.3, -0.25) is 4.79 Å². The van der Waals surface area contributed by atoms with Crippen LogP contribution >= 0.6 is 0 Å². The Hall–Kier alpha value is -0.670. The molecule has 0 spiro atoms. The van der Waals surface area contributed by atoms with E-state index in [4.69, 9.17) is 10.5 Å². The minimum atomic E-state index is -0.355. The zero-order valence-electron chi connectivity index (χ0n) is 8.51. The summed E-state index contributed by atoms with van der Waals surface area (Å²) in [6.07, 6.45) is 1.92. The maximum atomic E-state index is 11.3. The molecule has 0 aromatic rings. The summed E-state index contributed by atoms with van der Waals surface area (Å²) in [5.74, 6) is 0.0728. The van der Waals surface area contributed by atoms with E-state index >= 15 is 0 Å². The number of carbonyl (C=O) groups excluding carboxylic acids is 1. The number of ether oxygens (including phenoxy) is 1. The Morgan fingerprint density at radius 2 is 2.23 bits per heavy atom. The summed E-state index contributed by atoms with van der Waals surface area (Å²) in [5, 5.41) is 0. The minimum absolute atomic E-state index is 0.0728. The molecule has 0 fully saturated rings. The lowest BCUT2D eigenvalue weighted by atomic mass is 10.0. The van der Waals surface area contributed by atoms with E-state index in [0.717, 1.165) is 12.0 Å². The van der Waals surface area contributed by atoms with Crippen molar-refractivity contribution in [2.24, 2.45) is 5.73 Å². The van der Waals surface area contributed by atoms with Crippen molar-refractivity contribution in [3.8, 4) is 0 Å². The van der Waals surface area contributed by atoms with E-state index in [0.29, 0.717) is 19.4 Å². The number of allylic oxidation sites excluding steroid dienone is 1. The van der Waals surface area contributed by atoms with Crippen LogP contribution < -0.4 is 5.73 Å². The molecule has 0 saturated carbocycles. The first-order valence-corrected chi connectivity index (χ1v) is 4.49. The van der Waals surface area contributed by atoms with Gasteiger partial charge in [-0.2, -0.15) is 0 Å². The van der Waals surface area contributed by atoms with Gasteiger partial charge in [-0.1, -0.05) is 12.2 Å². The molecule has 2 N–H and O–H groups in total. The second kappa shape index (κ2) is 6.80. The highest BCUT2D eigenvalue weighted by molar-refractivity contribution is 5.85. The first kappa shape index (κ1) is 12.3. The lowest BCUT2D eigenvalue weighted by Gasteiger charge is -2.09. The highest BCUT2D eigenvalue weighted by Gasteiger charge is 2.12. The van der Waals surface area contributed by atoms with Crippen molar-refractivity contribution in [1.82, 2.24) is 0 Å². The van der Waals surface area contributed by atoms with Crippen molar-refractivity contribution in [3.05, 3.63) is 12.2 Å². The largest absolute Gasteiger partial charge is 0.385 e. The molecule has 0 bridgehead atoms. The molecule has 13 heavy (non-hydrogen) atoms. The van der Waals surface area contributed by atoms with Crippen LogP contribution in [0, 0.1) is 0 Å². The summed E-state index contributed by atoms with van der Waals surface area (Å²) in [6, 6.07) is -0.355. The fraction of sp³-hybridized carbons (Fsp3) is 0.700. The fourth-order valence-electron chi connectivity index (χ4n) is 1.04. The van der Waals surface area contributed by atoms with Gasteiger partial charge in [0.15, 0.2) is 5.78 Å². The van der Waals surface area contributed by atoms with Crippen LogP contribution in [0.5, 0.6) is 0 Å². The third-order valence-electron chi connectivity index (χ3n) is 1.75. The molecule has 0 aliphatic carbocycles. The van der Waals surface area contributed by atoms with Gasteiger partial charge in [0.05, 0.1) is 6.04 Å². The summed E-state index contributed by atoms with van der Waals surface area (Å²) in [4.78, 5) is 11.3. The van der Waals surface area contributed by atoms with Crippen LogP contribution in [0.4, 0.5) is 0 Å². The van der Waals surface area contributed by atoms with Crippen molar-refractivity contribution in [2.75, 3.05) is 13.7 Å². The molecule has 0 amide bonds. The van der Waals surface area contributed by atoms with E-state index in [2.05, 4.69) is 6.58 Å². The Morgan fingerprint density at radius 1 is 1.62 bits per heavy atom. The summed E-state index contributed by atoms with van der Waals surface area (Å²) >= 11 is 0. The normalized spacial score (nSPS) is 12.5. The number of carbonyl (C=O) groups is 1. The Kier molecular flexibility index (Phi) is 6.45. The van der Waals surface area contributed by atoms with Gasteiger partial charge in [-0.15, -0.1) is 0 Å². The van der Waals surface area contributed by atoms with E-state index in [-0.39, 0.29) is 11.8 Å². The van der Waals surface area contributed by atoms with E-state index in [9.17, 15) is 4.79 Å². The van der Waals surface area contributed by atoms with Crippen LogP contribution in [0.25, 0.3) is 0 Å². The lowest BCUT2D eigenvalue weighted by Crippen LogP contribution is -2.30. The molecule has 0 heterocycles. The van der Waals surface area contributed by atoms with Crippen LogP contribution in [0.2, 0.25) is 0 Å². The molecule has 3 nitrogen and oxygen atoms in total. The Morgan fingerprint density at radius 3 is 2.69 bits per heavy atom. The zero-order chi connectivity index (χ0) is 10.3. The molecular formula is C10H19NO2. The summed E-state index contributed by atoms with van der Waals surface area (Å²) in [6.45, 7) is 6.17. The second-order valence-corrected chi connectivity index (χ2v) is 3.34. The molecule has 1 unspecified atom stereocenters. The van der Waals surface area contributed by atoms with E-state index in [1.165, 1.54) is 0 Å². The number of methoxy groups -OCH3 is 1.